The molecule has 1 aromatic rings. The Bertz CT molecular complexity index is 327. The Kier molecular flexibility index (Phi) is 6.37. The Morgan fingerprint density at radius 1 is 1.06 bits per heavy atom. The van der Waals surface area contributed by atoms with E-state index in [9.17, 15) is 0 Å². The van der Waals surface area contributed by atoms with Crippen molar-refractivity contribution in [2.24, 2.45) is 11.7 Å². The molecule has 2 nitrogen and oxygen atoms in total. The molecule has 1 atom stereocenters. The molecule has 0 fully saturated rings. The Labute approximate surface area is 112 Å². The van der Waals surface area contributed by atoms with Crippen LogP contribution in [0.5, 0.6) is 0 Å². The molecule has 102 valence electrons. The largest absolute Gasteiger partial charge is 0.329 e. The van der Waals surface area contributed by atoms with Gasteiger partial charge in [0.25, 0.3) is 0 Å². The zero-order valence-corrected chi connectivity index (χ0v) is 12.2. The second-order valence-electron chi connectivity index (χ2n) is 5.69. The van der Waals surface area contributed by atoms with Gasteiger partial charge in [-0.3, -0.25) is 0 Å². The van der Waals surface area contributed by atoms with Gasteiger partial charge in [-0.05, 0) is 29.4 Å². The van der Waals surface area contributed by atoms with Crippen LogP contribution in [0.3, 0.4) is 0 Å². The van der Waals surface area contributed by atoms with Gasteiger partial charge >= 0.3 is 0 Å². The molecule has 0 amide bonds. The highest BCUT2D eigenvalue weighted by Gasteiger charge is 2.13. The number of nitrogens with one attached hydrogen (secondary N) is 1. The fourth-order valence-corrected chi connectivity index (χ4v) is 2.10. The van der Waals surface area contributed by atoms with Crippen molar-refractivity contribution in [2.75, 3.05) is 13.1 Å². The third kappa shape index (κ3) is 4.79. The maximum absolute atomic E-state index is 5.56. The van der Waals surface area contributed by atoms with Crippen LogP contribution < -0.4 is 11.1 Å². The van der Waals surface area contributed by atoms with Crippen molar-refractivity contribution in [3.63, 3.8) is 0 Å². The lowest BCUT2D eigenvalue weighted by molar-refractivity contribution is 0.401. The zero-order valence-electron chi connectivity index (χ0n) is 12.2. The second-order valence-corrected chi connectivity index (χ2v) is 5.69. The monoisotopic (exact) mass is 248 g/mol. The minimum Gasteiger partial charge on any atom is -0.329 e. The molecule has 0 heterocycles. The predicted molar refractivity (Wildman–Crippen MR) is 79.9 cm³/mol. The summed E-state index contributed by atoms with van der Waals surface area (Å²) in [6.45, 7) is 10.6. The number of rotatable bonds is 7. The molecule has 0 aliphatic carbocycles. The highest BCUT2D eigenvalue weighted by Crippen LogP contribution is 2.16. The summed E-state index contributed by atoms with van der Waals surface area (Å²) in [5, 5.41) is 3.53. The first-order chi connectivity index (χ1) is 8.54. The van der Waals surface area contributed by atoms with Crippen molar-refractivity contribution in [3.05, 3.63) is 35.4 Å². The molecule has 0 saturated carbocycles. The SMILES string of the molecule is CC(C)c1ccc(CC(NCCN)C(C)C)cc1. The van der Waals surface area contributed by atoms with Crippen molar-refractivity contribution >= 4 is 0 Å². The number of nitrogens with two attached hydrogens (primary N) is 1. The van der Waals surface area contributed by atoms with E-state index in [2.05, 4.69) is 57.3 Å². The molecule has 0 spiro atoms. The van der Waals surface area contributed by atoms with Crippen LogP contribution in [0.1, 0.15) is 44.7 Å². The van der Waals surface area contributed by atoms with E-state index < -0.39 is 0 Å². The van der Waals surface area contributed by atoms with Crippen LogP contribution in [-0.4, -0.2) is 19.1 Å². The average molecular weight is 248 g/mol. The summed E-state index contributed by atoms with van der Waals surface area (Å²) < 4.78 is 0. The van der Waals surface area contributed by atoms with Crippen molar-refractivity contribution in [2.45, 2.75) is 46.1 Å². The van der Waals surface area contributed by atoms with Gasteiger partial charge in [0.05, 0.1) is 0 Å². The molecule has 0 aromatic heterocycles. The summed E-state index contributed by atoms with van der Waals surface area (Å²) in [6, 6.07) is 9.53. The lowest BCUT2D eigenvalue weighted by atomic mass is 9.94. The molecule has 1 rings (SSSR count). The fourth-order valence-electron chi connectivity index (χ4n) is 2.10. The average Bonchev–Trinajstić information content (AvgIpc) is 2.34. The van der Waals surface area contributed by atoms with E-state index in [1.165, 1.54) is 11.1 Å². The lowest BCUT2D eigenvalue weighted by Crippen LogP contribution is -2.38. The van der Waals surface area contributed by atoms with Crippen molar-refractivity contribution in [3.8, 4) is 0 Å². The predicted octanol–water partition coefficient (Wildman–Crippen LogP) is 2.93. The highest BCUT2D eigenvalue weighted by atomic mass is 14.9. The Morgan fingerprint density at radius 3 is 2.11 bits per heavy atom. The molecule has 1 unspecified atom stereocenters. The summed E-state index contributed by atoms with van der Waals surface area (Å²) in [7, 11) is 0. The standard InChI is InChI=1S/C16H28N2/c1-12(2)15-7-5-14(6-8-15)11-16(13(3)4)18-10-9-17/h5-8,12-13,16,18H,9-11,17H2,1-4H3. The van der Waals surface area contributed by atoms with E-state index in [1.807, 2.05) is 0 Å². The number of hydrogen-bond donors (Lipinski definition) is 2. The van der Waals surface area contributed by atoms with Crippen molar-refractivity contribution < 1.29 is 0 Å². The van der Waals surface area contributed by atoms with Gasteiger partial charge < -0.3 is 11.1 Å². The van der Waals surface area contributed by atoms with Gasteiger partial charge in [-0.2, -0.15) is 0 Å². The van der Waals surface area contributed by atoms with Gasteiger partial charge in [-0.25, -0.2) is 0 Å². The van der Waals surface area contributed by atoms with Gasteiger partial charge in [0.1, 0.15) is 0 Å². The molecule has 0 aliphatic rings. The van der Waals surface area contributed by atoms with E-state index in [4.69, 9.17) is 5.73 Å². The molecule has 0 bridgehead atoms. The van der Waals surface area contributed by atoms with E-state index in [-0.39, 0.29) is 0 Å². The van der Waals surface area contributed by atoms with Crippen molar-refractivity contribution in [1.29, 1.82) is 0 Å². The quantitative estimate of drug-likeness (QED) is 0.778. The summed E-state index contributed by atoms with van der Waals surface area (Å²) in [5.74, 6) is 1.23. The van der Waals surface area contributed by atoms with Crippen molar-refractivity contribution in [1.82, 2.24) is 5.32 Å². The van der Waals surface area contributed by atoms with Gasteiger partial charge in [0.15, 0.2) is 0 Å². The zero-order chi connectivity index (χ0) is 13.5. The van der Waals surface area contributed by atoms with Crippen LogP contribution in [0.25, 0.3) is 0 Å². The summed E-state index contributed by atoms with van der Waals surface area (Å²) >= 11 is 0. The maximum atomic E-state index is 5.56. The first kappa shape index (κ1) is 15.2. The molecule has 18 heavy (non-hydrogen) atoms. The highest BCUT2D eigenvalue weighted by molar-refractivity contribution is 5.25. The first-order valence-corrected chi connectivity index (χ1v) is 7.07. The number of benzene rings is 1. The molecular weight excluding hydrogens is 220 g/mol. The van der Waals surface area contributed by atoms with Crippen LogP contribution in [0.2, 0.25) is 0 Å². The topological polar surface area (TPSA) is 38.0 Å². The van der Waals surface area contributed by atoms with Crippen LogP contribution in [0.4, 0.5) is 0 Å². The van der Waals surface area contributed by atoms with Crippen LogP contribution in [0, 0.1) is 5.92 Å². The van der Waals surface area contributed by atoms with Crippen LogP contribution in [0.15, 0.2) is 24.3 Å². The van der Waals surface area contributed by atoms with Gasteiger partial charge in [-0.15, -0.1) is 0 Å². The van der Waals surface area contributed by atoms with Crippen LogP contribution >= 0.6 is 0 Å². The molecule has 0 aliphatic heterocycles. The minimum atomic E-state index is 0.512. The third-order valence-corrected chi connectivity index (χ3v) is 3.46. The fraction of sp³-hybridized carbons (Fsp3) is 0.625. The van der Waals surface area contributed by atoms with E-state index >= 15 is 0 Å². The van der Waals surface area contributed by atoms with E-state index in [0.717, 1.165) is 13.0 Å². The molecule has 3 N–H and O–H groups in total. The van der Waals surface area contributed by atoms with Gasteiger partial charge in [-0.1, -0.05) is 52.0 Å². The van der Waals surface area contributed by atoms with E-state index in [0.29, 0.717) is 24.4 Å². The Morgan fingerprint density at radius 2 is 1.67 bits per heavy atom. The minimum absolute atomic E-state index is 0.512. The second kappa shape index (κ2) is 7.55. The summed E-state index contributed by atoms with van der Waals surface area (Å²) in [6.07, 6.45) is 1.08. The molecule has 0 radical (unpaired) electrons. The van der Waals surface area contributed by atoms with Gasteiger partial charge in [0.2, 0.25) is 0 Å². The first-order valence-electron chi connectivity index (χ1n) is 7.07. The number of hydrogen-bond acceptors (Lipinski definition) is 2. The smallest absolute Gasteiger partial charge is 0.0131 e. The summed E-state index contributed by atoms with van der Waals surface area (Å²) in [5.41, 5.74) is 8.38. The molecular formula is C16H28N2. The van der Waals surface area contributed by atoms with Crippen LogP contribution in [-0.2, 0) is 6.42 Å². The molecule has 1 aromatic carbocycles. The maximum Gasteiger partial charge on any atom is 0.0131 e. The normalized spacial score (nSPS) is 13.3. The lowest BCUT2D eigenvalue weighted by Gasteiger charge is -2.22. The summed E-state index contributed by atoms with van der Waals surface area (Å²) in [4.78, 5) is 0. The van der Waals surface area contributed by atoms with Gasteiger partial charge in [0, 0.05) is 19.1 Å². The Balaban J connectivity index is 2.63. The Hall–Kier alpha value is -0.860. The third-order valence-electron chi connectivity index (χ3n) is 3.46. The van der Waals surface area contributed by atoms with E-state index in [1.54, 1.807) is 0 Å². The molecule has 0 saturated heterocycles. The molecule has 2 heteroatoms.